The lowest BCUT2D eigenvalue weighted by Gasteiger charge is -2.38. The van der Waals surface area contributed by atoms with Gasteiger partial charge in [0, 0.05) is 32.0 Å². The molecule has 1 saturated carbocycles. The molecule has 2 N–H and O–H groups in total. The number of carbonyl (C=O) groups excluding carboxylic acids is 1. The van der Waals surface area contributed by atoms with Crippen LogP contribution in [0.1, 0.15) is 26.2 Å². The van der Waals surface area contributed by atoms with Crippen LogP contribution in [0, 0.1) is 11.8 Å². The number of ether oxygens (including phenoxy) is 1. The Morgan fingerprint density at radius 1 is 1.60 bits per heavy atom. The summed E-state index contributed by atoms with van der Waals surface area (Å²) in [5, 5.41) is 0. The highest BCUT2D eigenvalue weighted by molar-refractivity contribution is 5.77. The molecule has 1 amide bonds. The molecule has 0 radical (unpaired) electrons. The summed E-state index contributed by atoms with van der Waals surface area (Å²) >= 11 is 0. The Labute approximate surface area is 88.0 Å². The van der Waals surface area contributed by atoms with Gasteiger partial charge >= 0.3 is 0 Å². The minimum absolute atomic E-state index is 0.216. The van der Waals surface area contributed by atoms with Crippen molar-refractivity contribution < 1.29 is 18.3 Å². The lowest BCUT2D eigenvalue weighted by atomic mass is 9.71. The van der Waals surface area contributed by atoms with Crippen molar-refractivity contribution in [1.29, 1.82) is 0 Å². The second-order valence-electron chi connectivity index (χ2n) is 4.02. The largest absolute Gasteiger partial charge is 0.382 e. The molecule has 5 heteroatoms. The van der Waals surface area contributed by atoms with Crippen LogP contribution in [0.2, 0.25) is 0 Å². The van der Waals surface area contributed by atoms with Crippen LogP contribution >= 0.6 is 0 Å². The maximum absolute atomic E-state index is 12.6. The van der Waals surface area contributed by atoms with E-state index >= 15 is 0 Å². The Kier molecular flexibility index (Phi) is 4.02. The standard InChI is InChI=1S/C10H17F2NO2/c1-2-15-4-3-8(9(13)14)7-5-10(11,12)6-7/h7-8H,2-6H2,1H3,(H2,13,14). The number of alkyl halides is 2. The maximum atomic E-state index is 12.6. The number of halogens is 2. The van der Waals surface area contributed by atoms with Gasteiger partial charge in [-0.25, -0.2) is 8.78 Å². The van der Waals surface area contributed by atoms with Crippen molar-refractivity contribution in [2.75, 3.05) is 13.2 Å². The Balaban J connectivity index is 2.36. The van der Waals surface area contributed by atoms with E-state index in [0.29, 0.717) is 19.6 Å². The minimum atomic E-state index is -2.59. The molecule has 0 bridgehead atoms. The lowest BCUT2D eigenvalue weighted by Crippen LogP contribution is -2.44. The van der Waals surface area contributed by atoms with Crippen molar-refractivity contribution in [2.45, 2.75) is 32.1 Å². The van der Waals surface area contributed by atoms with Gasteiger partial charge in [-0.05, 0) is 19.3 Å². The Morgan fingerprint density at radius 3 is 2.60 bits per heavy atom. The third kappa shape index (κ3) is 3.41. The van der Waals surface area contributed by atoms with E-state index in [0.717, 1.165) is 0 Å². The highest BCUT2D eigenvalue weighted by atomic mass is 19.3. The summed E-state index contributed by atoms with van der Waals surface area (Å²) in [6, 6.07) is 0. The first-order valence-electron chi connectivity index (χ1n) is 5.21. The van der Waals surface area contributed by atoms with Gasteiger partial charge in [0.2, 0.25) is 11.8 Å². The quantitative estimate of drug-likeness (QED) is 0.692. The SMILES string of the molecule is CCOCCC(C(N)=O)C1CC(F)(F)C1. The third-order valence-electron chi connectivity index (χ3n) is 2.83. The molecule has 3 nitrogen and oxygen atoms in total. The summed E-state index contributed by atoms with van der Waals surface area (Å²) in [5.41, 5.74) is 5.18. The van der Waals surface area contributed by atoms with Crippen LogP contribution in [0.5, 0.6) is 0 Å². The van der Waals surface area contributed by atoms with E-state index < -0.39 is 17.7 Å². The number of hydrogen-bond acceptors (Lipinski definition) is 2. The molecule has 0 aliphatic heterocycles. The molecule has 15 heavy (non-hydrogen) atoms. The monoisotopic (exact) mass is 221 g/mol. The zero-order chi connectivity index (χ0) is 11.5. The smallest absolute Gasteiger partial charge is 0.248 e. The first kappa shape index (κ1) is 12.4. The van der Waals surface area contributed by atoms with Gasteiger partial charge in [-0.2, -0.15) is 0 Å². The van der Waals surface area contributed by atoms with E-state index in [9.17, 15) is 13.6 Å². The van der Waals surface area contributed by atoms with E-state index in [-0.39, 0.29) is 18.8 Å². The average molecular weight is 221 g/mol. The lowest BCUT2D eigenvalue weighted by molar-refractivity contribution is -0.145. The van der Waals surface area contributed by atoms with Crippen molar-refractivity contribution in [3.63, 3.8) is 0 Å². The Bertz CT molecular complexity index is 225. The van der Waals surface area contributed by atoms with Gasteiger partial charge < -0.3 is 10.5 Å². The molecule has 1 atom stereocenters. The molecule has 0 aromatic heterocycles. The fraction of sp³-hybridized carbons (Fsp3) is 0.900. The molecule has 0 aromatic carbocycles. The van der Waals surface area contributed by atoms with Gasteiger partial charge in [0.1, 0.15) is 0 Å². The zero-order valence-electron chi connectivity index (χ0n) is 8.84. The highest BCUT2D eigenvalue weighted by Gasteiger charge is 2.49. The van der Waals surface area contributed by atoms with Crippen LogP contribution in [0.3, 0.4) is 0 Å². The van der Waals surface area contributed by atoms with Gasteiger partial charge in [-0.15, -0.1) is 0 Å². The van der Waals surface area contributed by atoms with Crippen molar-refractivity contribution >= 4 is 5.91 Å². The van der Waals surface area contributed by atoms with Gasteiger partial charge in [0.15, 0.2) is 0 Å². The van der Waals surface area contributed by atoms with E-state index in [2.05, 4.69) is 0 Å². The fourth-order valence-corrected chi connectivity index (χ4v) is 1.96. The first-order chi connectivity index (χ1) is 6.96. The molecule has 1 fully saturated rings. The second kappa shape index (κ2) is 4.88. The molecular weight excluding hydrogens is 204 g/mol. The maximum Gasteiger partial charge on any atom is 0.248 e. The average Bonchev–Trinajstić information content (AvgIpc) is 2.08. The van der Waals surface area contributed by atoms with E-state index in [1.54, 1.807) is 0 Å². The zero-order valence-corrected chi connectivity index (χ0v) is 8.84. The molecule has 1 rings (SSSR count). The van der Waals surface area contributed by atoms with Gasteiger partial charge in [0.25, 0.3) is 0 Å². The van der Waals surface area contributed by atoms with E-state index in [1.807, 2.05) is 6.92 Å². The highest BCUT2D eigenvalue weighted by Crippen LogP contribution is 2.46. The molecule has 0 heterocycles. The van der Waals surface area contributed by atoms with E-state index in [1.165, 1.54) is 0 Å². The molecule has 1 aliphatic carbocycles. The normalized spacial score (nSPS) is 22.1. The van der Waals surface area contributed by atoms with Crippen molar-refractivity contribution in [3.8, 4) is 0 Å². The Morgan fingerprint density at radius 2 is 2.20 bits per heavy atom. The van der Waals surface area contributed by atoms with Gasteiger partial charge in [0.05, 0.1) is 0 Å². The summed E-state index contributed by atoms with van der Waals surface area (Å²) in [6.45, 7) is 2.81. The summed E-state index contributed by atoms with van der Waals surface area (Å²) in [7, 11) is 0. The predicted octanol–water partition coefficient (Wildman–Crippen LogP) is 1.56. The van der Waals surface area contributed by atoms with Crippen LogP contribution in [0.25, 0.3) is 0 Å². The fourth-order valence-electron chi connectivity index (χ4n) is 1.96. The van der Waals surface area contributed by atoms with Gasteiger partial charge in [-0.1, -0.05) is 0 Å². The molecular formula is C10H17F2NO2. The molecule has 1 aliphatic rings. The van der Waals surface area contributed by atoms with Crippen molar-refractivity contribution in [2.24, 2.45) is 17.6 Å². The summed E-state index contributed by atoms with van der Waals surface area (Å²) in [6.07, 6.45) is 0.0172. The van der Waals surface area contributed by atoms with Crippen LogP contribution < -0.4 is 5.73 Å². The van der Waals surface area contributed by atoms with Crippen LogP contribution in [-0.4, -0.2) is 25.0 Å². The van der Waals surface area contributed by atoms with Crippen LogP contribution in [-0.2, 0) is 9.53 Å². The molecule has 88 valence electrons. The van der Waals surface area contributed by atoms with Crippen LogP contribution in [0.4, 0.5) is 8.78 Å². The third-order valence-corrected chi connectivity index (χ3v) is 2.83. The molecule has 1 unspecified atom stereocenters. The summed E-state index contributed by atoms with van der Waals surface area (Å²) in [5.74, 6) is -3.81. The summed E-state index contributed by atoms with van der Waals surface area (Å²) < 4.78 is 30.3. The molecule has 0 aromatic rings. The van der Waals surface area contributed by atoms with E-state index in [4.69, 9.17) is 10.5 Å². The molecule has 0 saturated heterocycles. The predicted molar refractivity (Wildman–Crippen MR) is 51.5 cm³/mol. The van der Waals surface area contributed by atoms with Crippen molar-refractivity contribution in [1.82, 2.24) is 0 Å². The number of primary amides is 1. The number of carbonyl (C=O) groups is 1. The van der Waals surface area contributed by atoms with Crippen molar-refractivity contribution in [3.05, 3.63) is 0 Å². The number of amides is 1. The summed E-state index contributed by atoms with van der Waals surface area (Å²) in [4.78, 5) is 11.1. The number of rotatable bonds is 6. The minimum Gasteiger partial charge on any atom is -0.382 e. The Hall–Kier alpha value is -0.710. The number of nitrogens with two attached hydrogens (primary N) is 1. The molecule has 0 spiro atoms. The van der Waals surface area contributed by atoms with Crippen LogP contribution in [0.15, 0.2) is 0 Å². The van der Waals surface area contributed by atoms with Gasteiger partial charge in [-0.3, -0.25) is 4.79 Å². The first-order valence-corrected chi connectivity index (χ1v) is 5.21. The topological polar surface area (TPSA) is 52.3 Å². The second-order valence-corrected chi connectivity index (χ2v) is 4.02. The number of hydrogen-bond donors (Lipinski definition) is 1.